The molecule has 0 saturated heterocycles. The molecule has 1 aromatic carbocycles. The summed E-state index contributed by atoms with van der Waals surface area (Å²) in [4.78, 5) is 17.1. The molecule has 0 unspecified atom stereocenters. The molecule has 0 aliphatic rings. The summed E-state index contributed by atoms with van der Waals surface area (Å²) in [6, 6.07) is 10.9. The fourth-order valence-corrected chi connectivity index (χ4v) is 3.11. The van der Waals surface area contributed by atoms with Crippen molar-refractivity contribution in [2.45, 2.75) is 13.5 Å². The van der Waals surface area contributed by atoms with Gasteiger partial charge in [0.05, 0.1) is 24.7 Å². The zero-order valence-corrected chi connectivity index (χ0v) is 15.5. The van der Waals surface area contributed by atoms with Crippen LogP contribution in [0.2, 0.25) is 5.02 Å². The number of hydrogen-bond donors (Lipinski definition) is 0. The summed E-state index contributed by atoms with van der Waals surface area (Å²) in [5.74, 6) is -0.489. The van der Waals surface area contributed by atoms with Gasteiger partial charge in [-0.15, -0.1) is 0 Å². The molecular formula is C19H16ClN5O2. The van der Waals surface area contributed by atoms with E-state index in [2.05, 4.69) is 10.2 Å². The van der Waals surface area contributed by atoms with Crippen molar-refractivity contribution < 1.29 is 9.53 Å². The average molecular weight is 382 g/mol. The van der Waals surface area contributed by atoms with Crippen LogP contribution in [0, 0.1) is 0 Å². The van der Waals surface area contributed by atoms with E-state index in [0.29, 0.717) is 28.6 Å². The molecule has 0 radical (unpaired) electrons. The number of aromatic nitrogens is 5. The van der Waals surface area contributed by atoms with E-state index in [9.17, 15) is 4.79 Å². The number of carbonyl (C=O) groups excluding carboxylic acids is 1. The van der Waals surface area contributed by atoms with Crippen LogP contribution in [0.5, 0.6) is 0 Å². The van der Waals surface area contributed by atoms with Crippen molar-refractivity contribution in [3.63, 3.8) is 0 Å². The molecule has 0 atom stereocenters. The lowest BCUT2D eigenvalue weighted by atomic mass is 10.1. The summed E-state index contributed by atoms with van der Waals surface area (Å²) in [5.41, 5.74) is 3.98. The number of methoxy groups -OCH3 is 1. The Morgan fingerprint density at radius 2 is 1.96 bits per heavy atom. The van der Waals surface area contributed by atoms with Crippen LogP contribution in [0.25, 0.3) is 28.2 Å². The summed E-state index contributed by atoms with van der Waals surface area (Å²) in [7, 11) is 1.34. The maximum absolute atomic E-state index is 12.3. The predicted octanol–water partition coefficient (Wildman–Crippen LogP) is 3.72. The van der Waals surface area contributed by atoms with Gasteiger partial charge in [0, 0.05) is 23.3 Å². The molecule has 8 heteroatoms. The molecule has 27 heavy (non-hydrogen) atoms. The van der Waals surface area contributed by atoms with E-state index in [4.69, 9.17) is 21.3 Å². The van der Waals surface area contributed by atoms with Crippen LogP contribution in [-0.4, -0.2) is 37.5 Å². The molecule has 0 aliphatic heterocycles. The topological polar surface area (TPSA) is 74.3 Å². The molecule has 0 aliphatic carbocycles. The van der Waals surface area contributed by atoms with Crippen LogP contribution in [0.3, 0.4) is 0 Å². The van der Waals surface area contributed by atoms with Crippen molar-refractivity contribution in [3.8, 4) is 22.5 Å². The first-order chi connectivity index (χ1) is 13.1. The Balaban J connectivity index is 1.99. The summed E-state index contributed by atoms with van der Waals surface area (Å²) in [5, 5.41) is 9.28. The number of ether oxygens (including phenoxy) is 1. The lowest BCUT2D eigenvalue weighted by Crippen LogP contribution is -2.11. The molecule has 136 valence electrons. The average Bonchev–Trinajstić information content (AvgIpc) is 3.34. The van der Waals surface area contributed by atoms with Crippen molar-refractivity contribution >= 4 is 23.2 Å². The number of hydrogen-bond acceptors (Lipinski definition) is 5. The molecule has 0 fully saturated rings. The molecule has 0 spiro atoms. The van der Waals surface area contributed by atoms with Crippen molar-refractivity contribution in [2.24, 2.45) is 0 Å². The van der Waals surface area contributed by atoms with E-state index in [1.165, 1.54) is 11.6 Å². The SMILES string of the molecule is CCn1nccc1-c1cc(C(=O)OC)n2ncc(-c3ccc(Cl)cc3)c2n1. The quantitative estimate of drug-likeness (QED) is 0.504. The number of esters is 1. The van der Waals surface area contributed by atoms with Gasteiger partial charge in [0.1, 0.15) is 0 Å². The highest BCUT2D eigenvalue weighted by atomic mass is 35.5. The van der Waals surface area contributed by atoms with Crippen LogP contribution in [0.4, 0.5) is 0 Å². The Morgan fingerprint density at radius 1 is 1.19 bits per heavy atom. The molecule has 3 heterocycles. The van der Waals surface area contributed by atoms with Gasteiger partial charge in [-0.2, -0.15) is 10.2 Å². The number of nitrogens with zero attached hydrogens (tertiary/aromatic N) is 5. The van der Waals surface area contributed by atoms with Gasteiger partial charge in [-0.3, -0.25) is 4.68 Å². The van der Waals surface area contributed by atoms with Gasteiger partial charge in [0.2, 0.25) is 0 Å². The van der Waals surface area contributed by atoms with Crippen LogP contribution >= 0.6 is 11.6 Å². The Morgan fingerprint density at radius 3 is 2.67 bits per heavy atom. The van der Waals surface area contributed by atoms with Gasteiger partial charge in [0.15, 0.2) is 11.3 Å². The maximum atomic E-state index is 12.3. The summed E-state index contributed by atoms with van der Waals surface area (Å²) >= 11 is 6.00. The summed E-state index contributed by atoms with van der Waals surface area (Å²) in [6.07, 6.45) is 3.39. The van der Waals surface area contributed by atoms with Gasteiger partial charge >= 0.3 is 5.97 Å². The number of aryl methyl sites for hydroxylation is 1. The fourth-order valence-electron chi connectivity index (χ4n) is 2.98. The molecular weight excluding hydrogens is 366 g/mol. The van der Waals surface area contributed by atoms with E-state index in [1.807, 2.05) is 29.8 Å². The highest BCUT2D eigenvalue weighted by Gasteiger charge is 2.20. The minimum atomic E-state index is -0.489. The minimum absolute atomic E-state index is 0.293. The first-order valence-corrected chi connectivity index (χ1v) is 8.75. The molecule has 0 saturated carbocycles. The third-order valence-electron chi connectivity index (χ3n) is 4.30. The second kappa shape index (κ2) is 6.85. The van der Waals surface area contributed by atoms with E-state index in [-0.39, 0.29) is 0 Å². The Hall–Kier alpha value is -3.19. The number of halogens is 1. The second-order valence-electron chi connectivity index (χ2n) is 5.85. The molecule has 4 aromatic rings. The second-order valence-corrected chi connectivity index (χ2v) is 6.29. The van der Waals surface area contributed by atoms with E-state index in [1.54, 1.807) is 30.6 Å². The van der Waals surface area contributed by atoms with Gasteiger partial charge in [-0.25, -0.2) is 14.3 Å². The van der Waals surface area contributed by atoms with Crippen molar-refractivity contribution in [1.29, 1.82) is 0 Å². The van der Waals surface area contributed by atoms with E-state index in [0.717, 1.165) is 16.8 Å². The molecule has 7 nitrogen and oxygen atoms in total. The molecule has 4 rings (SSSR count). The number of carbonyl (C=O) groups is 1. The third kappa shape index (κ3) is 2.96. The Bertz CT molecular complexity index is 1130. The van der Waals surface area contributed by atoms with Crippen LogP contribution in [0.15, 0.2) is 48.8 Å². The van der Waals surface area contributed by atoms with E-state index < -0.39 is 5.97 Å². The lowest BCUT2D eigenvalue weighted by molar-refractivity contribution is 0.0590. The van der Waals surface area contributed by atoms with Gasteiger partial charge in [0.25, 0.3) is 0 Å². The zero-order valence-electron chi connectivity index (χ0n) is 14.8. The normalized spacial score (nSPS) is 11.1. The zero-order chi connectivity index (χ0) is 19.0. The van der Waals surface area contributed by atoms with Crippen LogP contribution in [0.1, 0.15) is 17.4 Å². The number of fused-ring (bicyclic) bond motifs is 1. The number of benzene rings is 1. The largest absolute Gasteiger partial charge is 0.464 e. The maximum Gasteiger partial charge on any atom is 0.356 e. The molecule has 0 amide bonds. The summed E-state index contributed by atoms with van der Waals surface area (Å²) < 4.78 is 8.25. The van der Waals surface area contributed by atoms with Gasteiger partial charge in [-0.05, 0) is 36.8 Å². The predicted molar refractivity (Wildman–Crippen MR) is 102 cm³/mol. The Kier molecular flexibility index (Phi) is 4.37. The Labute approximate surface area is 160 Å². The van der Waals surface area contributed by atoms with Gasteiger partial charge in [-0.1, -0.05) is 23.7 Å². The standard InChI is InChI=1S/C19H16ClN5O2/c1-3-24-16(8-9-21-24)15-10-17(19(26)27-2)25-18(23-15)14(11-22-25)12-4-6-13(20)7-5-12/h4-11H,3H2,1-2H3. The molecule has 3 aromatic heterocycles. The smallest absolute Gasteiger partial charge is 0.356 e. The van der Waals surface area contributed by atoms with E-state index >= 15 is 0 Å². The summed E-state index contributed by atoms with van der Waals surface area (Å²) in [6.45, 7) is 2.68. The third-order valence-corrected chi connectivity index (χ3v) is 4.55. The molecule has 0 N–H and O–H groups in total. The van der Waals surface area contributed by atoms with Crippen molar-refractivity contribution in [2.75, 3.05) is 7.11 Å². The van der Waals surface area contributed by atoms with Crippen LogP contribution < -0.4 is 0 Å². The monoisotopic (exact) mass is 381 g/mol. The van der Waals surface area contributed by atoms with Gasteiger partial charge < -0.3 is 4.74 Å². The molecule has 0 bridgehead atoms. The van der Waals surface area contributed by atoms with Crippen molar-refractivity contribution in [1.82, 2.24) is 24.4 Å². The lowest BCUT2D eigenvalue weighted by Gasteiger charge is -2.09. The fraction of sp³-hybridized carbons (Fsp3) is 0.158. The number of rotatable bonds is 4. The highest BCUT2D eigenvalue weighted by Crippen LogP contribution is 2.28. The minimum Gasteiger partial charge on any atom is -0.464 e. The first-order valence-electron chi connectivity index (χ1n) is 8.37. The first kappa shape index (κ1) is 17.2. The van der Waals surface area contributed by atoms with Crippen molar-refractivity contribution in [3.05, 3.63) is 59.5 Å². The highest BCUT2D eigenvalue weighted by molar-refractivity contribution is 6.30. The van der Waals surface area contributed by atoms with Crippen LogP contribution in [-0.2, 0) is 11.3 Å².